The monoisotopic (exact) mass is 436 g/mol. The van der Waals surface area contributed by atoms with E-state index in [1.54, 1.807) is 30.3 Å². The van der Waals surface area contributed by atoms with Crippen molar-refractivity contribution in [2.45, 2.75) is 0 Å². The van der Waals surface area contributed by atoms with E-state index >= 15 is 0 Å². The molecule has 9 heteroatoms. The standard InChI is InChI=1S/C23H20N2O7/c1-29-19-11-15-5-3-2-4-14(15)10-17(19)22(27)32-13-21(26)25-23(28)24-16-6-7-18-20(12-16)31-9-8-30-18/h2-7,10-12H,8-9,13H2,1H3,(H2,24,25,26,28). The maximum atomic E-state index is 12.5. The molecule has 3 aromatic carbocycles. The Kier molecular flexibility index (Phi) is 6.07. The summed E-state index contributed by atoms with van der Waals surface area (Å²) in [7, 11) is 1.44. The lowest BCUT2D eigenvalue weighted by Crippen LogP contribution is -2.37. The number of urea groups is 1. The molecular formula is C23H20N2O7. The van der Waals surface area contributed by atoms with Crippen molar-refractivity contribution in [3.63, 3.8) is 0 Å². The number of fused-ring (bicyclic) bond motifs is 2. The van der Waals surface area contributed by atoms with E-state index < -0.39 is 24.5 Å². The van der Waals surface area contributed by atoms with E-state index in [9.17, 15) is 14.4 Å². The second-order valence-corrected chi connectivity index (χ2v) is 6.84. The summed E-state index contributed by atoms with van der Waals surface area (Å²) in [5.74, 6) is -0.124. The zero-order valence-corrected chi connectivity index (χ0v) is 17.2. The Bertz CT molecular complexity index is 1190. The van der Waals surface area contributed by atoms with Gasteiger partial charge in [0, 0.05) is 11.8 Å². The molecule has 4 rings (SSSR count). The lowest BCUT2D eigenvalue weighted by atomic mass is 10.1. The van der Waals surface area contributed by atoms with E-state index in [4.69, 9.17) is 18.9 Å². The number of hydrogen-bond donors (Lipinski definition) is 2. The van der Waals surface area contributed by atoms with Crippen molar-refractivity contribution < 1.29 is 33.3 Å². The van der Waals surface area contributed by atoms with Gasteiger partial charge in [-0.2, -0.15) is 0 Å². The summed E-state index contributed by atoms with van der Waals surface area (Å²) in [5, 5.41) is 6.34. The van der Waals surface area contributed by atoms with E-state index in [1.807, 2.05) is 24.3 Å². The Morgan fingerprint density at radius 3 is 2.41 bits per heavy atom. The first-order valence-electron chi connectivity index (χ1n) is 9.78. The fourth-order valence-electron chi connectivity index (χ4n) is 3.20. The predicted molar refractivity (Wildman–Crippen MR) is 115 cm³/mol. The van der Waals surface area contributed by atoms with Crippen LogP contribution in [-0.2, 0) is 9.53 Å². The van der Waals surface area contributed by atoms with E-state index in [1.165, 1.54) is 7.11 Å². The van der Waals surface area contributed by atoms with Crippen molar-refractivity contribution >= 4 is 34.4 Å². The molecule has 0 saturated carbocycles. The van der Waals surface area contributed by atoms with E-state index in [2.05, 4.69) is 10.6 Å². The molecule has 0 spiro atoms. The summed E-state index contributed by atoms with van der Waals surface area (Å²) in [4.78, 5) is 36.6. The average Bonchev–Trinajstić information content (AvgIpc) is 2.81. The van der Waals surface area contributed by atoms with Crippen LogP contribution in [0.4, 0.5) is 10.5 Å². The molecule has 0 radical (unpaired) electrons. The van der Waals surface area contributed by atoms with Gasteiger partial charge in [-0.15, -0.1) is 0 Å². The first kappa shape index (κ1) is 21.0. The van der Waals surface area contributed by atoms with Crippen LogP contribution in [0.1, 0.15) is 10.4 Å². The minimum atomic E-state index is -0.784. The quantitative estimate of drug-likeness (QED) is 0.591. The highest BCUT2D eigenvalue weighted by atomic mass is 16.6. The lowest BCUT2D eigenvalue weighted by Gasteiger charge is -2.19. The highest BCUT2D eigenvalue weighted by molar-refractivity contribution is 6.03. The van der Waals surface area contributed by atoms with Crippen molar-refractivity contribution in [1.29, 1.82) is 0 Å². The molecule has 2 N–H and O–H groups in total. The van der Waals surface area contributed by atoms with Crippen LogP contribution in [0.15, 0.2) is 54.6 Å². The van der Waals surface area contributed by atoms with Crippen LogP contribution in [0, 0.1) is 0 Å². The van der Waals surface area contributed by atoms with Gasteiger partial charge < -0.3 is 24.3 Å². The van der Waals surface area contributed by atoms with Gasteiger partial charge in [-0.05, 0) is 35.0 Å². The number of ether oxygens (including phenoxy) is 4. The van der Waals surface area contributed by atoms with Crippen molar-refractivity contribution in [2.75, 3.05) is 32.2 Å². The number of esters is 1. The molecule has 9 nitrogen and oxygen atoms in total. The smallest absolute Gasteiger partial charge is 0.342 e. The minimum Gasteiger partial charge on any atom is -0.496 e. The second kappa shape index (κ2) is 9.25. The van der Waals surface area contributed by atoms with E-state index in [0.29, 0.717) is 36.1 Å². The summed E-state index contributed by atoms with van der Waals surface area (Å²) < 4.78 is 21.2. The number of benzene rings is 3. The van der Waals surface area contributed by atoms with E-state index in [-0.39, 0.29) is 5.56 Å². The molecule has 0 saturated heterocycles. The van der Waals surface area contributed by atoms with Crippen molar-refractivity contribution in [2.24, 2.45) is 0 Å². The number of carbonyl (C=O) groups excluding carboxylic acids is 3. The first-order chi connectivity index (χ1) is 15.5. The fourth-order valence-corrected chi connectivity index (χ4v) is 3.20. The summed E-state index contributed by atoms with van der Waals surface area (Å²) in [6, 6.07) is 14.9. The molecule has 32 heavy (non-hydrogen) atoms. The van der Waals surface area contributed by atoms with Gasteiger partial charge in [0.15, 0.2) is 18.1 Å². The highest BCUT2D eigenvalue weighted by Crippen LogP contribution is 2.32. The number of rotatable bonds is 5. The zero-order chi connectivity index (χ0) is 22.5. The predicted octanol–water partition coefficient (Wildman–Crippen LogP) is 3.12. The van der Waals surface area contributed by atoms with Crippen molar-refractivity contribution in [1.82, 2.24) is 5.32 Å². The maximum Gasteiger partial charge on any atom is 0.342 e. The van der Waals surface area contributed by atoms with Crippen LogP contribution in [0.3, 0.4) is 0 Å². The zero-order valence-electron chi connectivity index (χ0n) is 17.2. The third kappa shape index (κ3) is 4.72. The molecule has 0 aliphatic carbocycles. The summed E-state index contributed by atoms with van der Waals surface area (Å²) in [6.07, 6.45) is 0. The Labute approximate surface area is 183 Å². The van der Waals surface area contributed by atoms with Crippen LogP contribution >= 0.6 is 0 Å². The Morgan fingerprint density at radius 2 is 1.66 bits per heavy atom. The van der Waals surface area contributed by atoms with Crippen molar-refractivity contribution in [3.05, 3.63) is 60.2 Å². The molecule has 1 aliphatic heterocycles. The molecule has 3 aromatic rings. The number of amides is 3. The number of nitrogens with one attached hydrogen (secondary N) is 2. The van der Waals surface area contributed by atoms with Crippen LogP contribution in [0.2, 0.25) is 0 Å². The third-order valence-corrected chi connectivity index (χ3v) is 4.68. The number of hydrogen-bond acceptors (Lipinski definition) is 7. The fraction of sp³-hybridized carbons (Fsp3) is 0.174. The number of anilines is 1. The lowest BCUT2D eigenvalue weighted by molar-refractivity contribution is -0.123. The number of methoxy groups -OCH3 is 1. The Morgan fingerprint density at radius 1 is 0.938 bits per heavy atom. The van der Waals surface area contributed by atoms with Gasteiger partial charge in [-0.3, -0.25) is 10.1 Å². The Hall–Kier alpha value is -4.27. The molecule has 3 amide bonds. The van der Waals surface area contributed by atoms with Gasteiger partial charge >= 0.3 is 12.0 Å². The minimum absolute atomic E-state index is 0.180. The molecule has 164 valence electrons. The molecule has 0 bridgehead atoms. The van der Waals surface area contributed by atoms with Crippen LogP contribution in [0.5, 0.6) is 17.2 Å². The molecule has 0 fully saturated rings. The summed E-state index contributed by atoms with van der Waals surface area (Å²) in [6.45, 7) is 0.233. The van der Waals surface area contributed by atoms with Gasteiger partial charge in [-0.25, -0.2) is 9.59 Å². The van der Waals surface area contributed by atoms with Gasteiger partial charge in [-0.1, -0.05) is 24.3 Å². The second-order valence-electron chi connectivity index (χ2n) is 6.84. The van der Waals surface area contributed by atoms with Gasteiger partial charge in [0.05, 0.1) is 7.11 Å². The molecule has 0 aromatic heterocycles. The summed E-state index contributed by atoms with van der Waals surface area (Å²) >= 11 is 0. The third-order valence-electron chi connectivity index (χ3n) is 4.68. The van der Waals surface area contributed by atoms with Crippen LogP contribution < -0.4 is 24.8 Å². The first-order valence-corrected chi connectivity index (χ1v) is 9.78. The Balaban J connectivity index is 1.33. The normalized spacial score (nSPS) is 12.0. The molecule has 0 unspecified atom stereocenters. The summed E-state index contributed by atoms with van der Waals surface area (Å²) in [5.41, 5.74) is 0.595. The molecule has 1 aliphatic rings. The van der Waals surface area contributed by atoms with Gasteiger partial charge in [0.1, 0.15) is 24.5 Å². The van der Waals surface area contributed by atoms with Gasteiger partial charge in [0.2, 0.25) is 0 Å². The van der Waals surface area contributed by atoms with Gasteiger partial charge in [0.25, 0.3) is 5.91 Å². The topological polar surface area (TPSA) is 112 Å². The number of imide groups is 1. The van der Waals surface area contributed by atoms with Crippen molar-refractivity contribution in [3.8, 4) is 17.2 Å². The van der Waals surface area contributed by atoms with Crippen LogP contribution in [-0.4, -0.2) is 44.8 Å². The SMILES string of the molecule is COc1cc2ccccc2cc1C(=O)OCC(=O)NC(=O)Nc1ccc2c(c1)OCCO2. The highest BCUT2D eigenvalue weighted by Gasteiger charge is 2.18. The molecule has 1 heterocycles. The average molecular weight is 436 g/mol. The number of carbonyl (C=O) groups is 3. The van der Waals surface area contributed by atoms with E-state index in [0.717, 1.165) is 10.8 Å². The maximum absolute atomic E-state index is 12.5. The largest absolute Gasteiger partial charge is 0.496 e. The molecular weight excluding hydrogens is 416 g/mol. The molecule has 0 atom stereocenters. The van der Waals surface area contributed by atoms with Crippen LogP contribution in [0.25, 0.3) is 10.8 Å².